The molecule has 2 heterocycles. The van der Waals surface area contributed by atoms with E-state index in [1.165, 1.54) is 25.9 Å². The lowest BCUT2D eigenvalue weighted by Gasteiger charge is -2.29. The van der Waals surface area contributed by atoms with Gasteiger partial charge in [0, 0.05) is 6.04 Å². The molecule has 0 saturated carbocycles. The first kappa shape index (κ1) is 11.2. The molecule has 4 heteroatoms. The van der Waals surface area contributed by atoms with Crippen LogP contribution in [-0.4, -0.2) is 31.1 Å². The summed E-state index contributed by atoms with van der Waals surface area (Å²) in [5, 5.41) is 3.53. The second-order valence-corrected chi connectivity index (χ2v) is 4.95. The van der Waals surface area contributed by atoms with Gasteiger partial charge in [-0.1, -0.05) is 0 Å². The zero-order chi connectivity index (χ0) is 10.7. The first-order valence-electron chi connectivity index (χ1n) is 5.40. The van der Waals surface area contributed by atoms with E-state index >= 15 is 0 Å². The lowest BCUT2D eigenvalue weighted by atomic mass is 10.1. The quantitative estimate of drug-likeness (QED) is 0.915. The summed E-state index contributed by atoms with van der Waals surface area (Å²) in [5.74, 6) is 1.00. The van der Waals surface area contributed by atoms with Crippen molar-refractivity contribution in [3.05, 3.63) is 22.6 Å². The normalized spacial score (nSPS) is 19.6. The lowest BCUT2D eigenvalue weighted by molar-refractivity contribution is 0.231. The van der Waals surface area contributed by atoms with Gasteiger partial charge in [0.15, 0.2) is 4.67 Å². The third-order valence-electron chi connectivity index (χ3n) is 2.91. The summed E-state index contributed by atoms with van der Waals surface area (Å²) in [6.07, 6.45) is 2.47. The van der Waals surface area contributed by atoms with Crippen LogP contribution < -0.4 is 5.32 Å². The number of rotatable bonds is 3. The fourth-order valence-electron chi connectivity index (χ4n) is 1.90. The molecular weight excluding hydrogens is 256 g/mol. The van der Waals surface area contributed by atoms with Gasteiger partial charge >= 0.3 is 0 Å². The molecule has 1 aliphatic rings. The monoisotopic (exact) mass is 272 g/mol. The van der Waals surface area contributed by atoms with Crippen molar-refractivity contribution in [2.45, 2.75) is 25.4 Å². The maximum Gasteiger partial charge on any atom is 0.169 e. The minimum absolute atomic E-state index is 0.644. The predicted molar refractivity (Wildman–Crippen MR) is 63.8 cm³/mol. The molecule has 1 aromatic heterocycles. The van der Waals surface area contributed by atoms with E-state index in [1.807, 2.05) is 12.1 Å². The number of nitrogens with zero attached hydrogens (tertiary/aromatic N) is 1. The van der Waals surface area contributed by atoms with Gasteiger partial charge in [-0.2, -0.15) is 0 Å². The average molecular weight is 273 g/mol. The Morgan fingerprint density at radius 1 is 1.47 bits per heavy atom. The molecular formula is C11H17BrN2O. The van der Waals surface area contributed by atoms with Crippen LogP contribution in [0.15, 0.2) is 21.2 Å². The van der Waals surface area contributed by atoms with Crippen molar-refractivity contribution >= 4 is 15.9 Å². The number of nitrogens with one attached hydrogen (secondary N) is 1. The van der Waals surface area contributed by atoms with Crippen LogP contribution in [0.2, 0.25) is 0 Å². The molecule has 1 saturated heterocycles. The van der Waals surface area contributed by atoms with Crippen LogP contribution >= 0.6 is 15.9 Å². The van der Waals surface area contributed by atoms with Gasteiger partial charge in [-0.3, -0.25) is 0 Å². The van der Waals surface area contributed by atoms with Crippen molar-refractivity contribution in [2.24, 2.45) is 0 Å². The van der Waals surface area contributed by atoms with E-state index in [9.17, 15) is 0 Å². The SMILES string of the molecule is CN1CCC(NCc2ccc(Br)o2)CC1. The molecule has 0 amide bonds. The molecule has 0 aromatic carbocycles. The van der Waals surface area contributed by atoms with E-state index < -0.39 is 0 Å². The number of hydrogen-bond donors (Lipinski definition) is 1. The highest BCUT2D eigenvalue weighted by atomic mass is 79.9. The molecule has 0 unspecified atom stereocenters. The van der Waals surface area contributed by atoms with Crippen LogP contribution in [0.1, 0.15) is 18.6 Å². The zero-order valence-electron chi connectivity index (χ0n) is 9.00. The highest BCUT2D eigenvalue weighted by molar-refractivity contribution is 9.10. The Bertz CT molecular complexity index is 305. The minimum atomic E-state index is 0.644. The highest BCUT2D eigenvalue weighted by Crippen LogP contribution is 2.15. The summed E-state index contributed by atoms with van der Waals surface area (Å²) >= 11 is 3.30. The molecule has 0 bridgehead atoms. The maximum absolute atomic E-state index is 5.44. The third-order valence-corrected chi connectivity index (χ3v) is 3.34. The van der Waals surface area contributed by atoms with Gasteiger partial charge in [0.2, 0.25) is 0 Å². The third kappa shape index (κ3) is 3.33. The van der Waals surface area contributed by atoms with Crippen molar-refractivity contribution in [2.75, 3.05) is 20.1 Å². The second kappa shape index (κ2) is 5.14. The fourth-order valence-corrected chi connectivity index (χ4v) is 2.24. The van der Waals surface area contributed by atoms with Crippen molar-refractivity contribution in [3.63, 3.8) is 0 Å². The van der Waals surface area contributed by atoms with Crippen LogP contribution in [0.25, 0.3) is 0 Å². The predicted octanol–water partition coefficient (Wildman–Crippen LogP) is 2.23. The van der Waals surface area contributed by atoms with E-state index in [-0.39, 0.29) is 0 Å². The molecule has 3 nitrogen and oxygen atoms in total. The average Bonchev–Trinajstić information content (AvgIpc) is 2.64. The second-order valence-electron chi connectivity index (χ2n) is 4.16. The molecule has 15 heavy (non-hydrogen) atoms. The summed E-state index contributed by atoms with van der Waals surface area (Å²) < 4.78 is 6.25. The smallest absolute Gasteiger partial charge is 0.169 e. The number of furan rings is 1. The zero-order valence-corrected chi connectivity index (χ0v) is 10.6. The molecule has 1 aliphatic heterocycles. The molecule has 0 atom stereocenters. The maximum atomic E-state index is 5.44. The molecule has 0 aliphatic carbocycles. The van der Waals surface area contributed by atoms with Crippen LogP contribution in [0.4, 0.5) is 0 Å². The van der Waals surface area contributed by atoms with E-state index in [0.29, 0.717) is 6.04 Å². The highest BCUT2D eigenvalue weighted by Gasteiger charge is 2.16. The number of likely N-dealkylation sites (tertiary alicyclic amines) is 1. The van der Waals surface area contributed by atoms with Gasteiger partial charge in [0.25, 0.3) is 0 Å². The molecule has 1 fully saturated rings. The molecule has 1 N–H and O–H groups in total. The molecule has 0 radical (unpaired) electrons. The summed E-state index contributed by atoms with van der Waals surface area (Å²) in [5.41, 5.74) is 0. The van der Waals surface area contributed by atoms with E-state index in [2.05, 4.69) is 33.2 Å². The molecule has 1 aromatic rings. The van der Waals surface area contributed by atoms with E-state index in [4.69, 9.17) is 4.42 Å². The van der Waals surface area contributed by atoms with Crippen molar-refractivity contribution in [3.8, 4) is 0 Å². The molecule has 2 rings (SSSR count). The van der Waals surface area contributed by atoms with Gasteiger partial charge in [-0.25, -0.2) is 0 Å². The van der Waals surface area contributed by atoms with Crippen molar-refractivity contribution in [1.29, 1.82) is 0 Å². The minimum Gasteiger partial charge on any atom is -0.453 e. The number of piperidine rings is 1. The Balaban J connectivity index is 1.74. The van der Waals surface area contributed by atoms with Gasteiger partial charge in [-0.15, -0.1) is 0 Å². The Hall–Kier alpha value is -0.320. The summed E-state index contributed by atoms with van der Waals surface area (Å²) in [6, 6.07) is 4.59. The topological polar surface area (TPSA) is 28.4 Å². The van der Waals surface area contributed by atoms with Crippen molar-refractivity contribution < 1.29 is 4.42 Å². The van der Waals surface area contributed by atoms with Crippen LogP contribution in [-0.2, 0) is 6.54 Å². The first-order valence-corrected chi connectivity index (χ1v) is 6.19. The molecule has 84 valence electrons. The van der Waals surface area contributed by atoms with E-state index in [0.717, 1.165) is 17.0 Å². The number of halogens is 1. The summed E-state index contributed by atoms with van der Waals surface area (Å²) in [7, 11) is 2.18. The summed E-state index contributed by atoms with van der Waals surface area (Å²) in [6.45, 7) is 3.22. The lowest BCUT2D eigenvalue weighted by Crippen LogP contribution is -2.40. The summed E-state index contributed by atoms with van der Waals surface area (Å²) in [4.78, 5) is 2.38. The van der Waals surface area contributed by atoms with Crippen LogP contribution in [0.5, 0.6) is 0 Å². The Morgan fingerprint density at radius 3 is 2.80 bits per heavy atom. The van der Waals surface area contributed by atoms with Gasteiger partial charge < -0.3 is 14.6 Å². The largest absolute Gasteiger partial charge is 0.453 e. The Kier molecular flexibility index (Phi) is 3.83. The first-order chi connectivity index (χ1) is 7.24. The van der Waals surface area contributed by atoms with E-state index in [1.54, 1.807) is 0 Å². The molecule has 0 spiro atoms. The van der Waals surface area contributed by atoms with Crippen molar-refractivity contribution in [1.82, 2.24) is 10.2 Å². The van der Waals surface area contributed by atoms with Gasteiger partial charge in [-0.05, 0) is 61.0 Å². The number of hydrogen-bond acceptors (Lipinski definition) is 3. The standard InChI is InChI=1S/C11H17BrN2O/c1-14-6-4-9(5-7-14)13-8-10-2-3-11(12)15-10/h2-3,9,13H,4-8H2,1H3. The van der Waals surface area contributed by atoms with Crippen LogP contribution in [0.3, 0.4) is 0 Å². The van der Waals surface area contributed by atoms with Gasteiger partial charge in [0.05, 0.1) is 6.54 Å². The van der Waals surface area contributed by atoms with Gasteiger partial charge in [0.1, 0.15) is 5.76 Å². The van der Waals surface area contributed by atoms with Crippen LogP contribution in [0, 0.1) is 0 Å². The Labute approximate surface area is 99.0 Å². The Morgan fingerprint density at radius 2 is 2.20 bits per heavy atom. The fraction of sp³-hybridized carbons (Fsp3) is 0.636.